The highest BCUT2D eigenvalue weighted by Crippen LogP contribution is 2.21. The number of nitrogens with zero attached hydrogens (tertiary/aromatic N) is 3. The normalized spacial score (nSPS) is 16.7. The van der Waals surface area contributed by atoms with Gasteiger partial charge in [0, 0.05) is 24.0 Å². The number of nitrogens with one attached hydrogen (secondary N) is 2. The van der Waals surface area contributed by atoms with Crippen LogP contribution in [0.1, 0.15) is 19.8 Å². The van der Waals surface area contributed by atoms with Crippen molar-refractivity contribution >= 4 is 23.5 Å². The van der Waals surface area contributed by atoms with E-state index < -0.39 is 0 Å². The van der Waals surface area contributed by atoms with E-state index in [9.17, 15) is 9.59 Å². The van der Waals surface area contributed by atoms with Crippen molar-refractivity contribution in [2.45, 2.75) is 25.8 Å². The van der Waals surface area contributed by atoms with Gasteiger partial charge in [0.05, 0.1) is 6.04 Å². The molecule has 7 nitrogen and oxygen atoms in total. The second-order valence-electron chi connectivity index (χ2n) is 6.40. The monoisotopic (exact) mass is 353 g/mol. The molecule has 0 saturated carbocycles. The Balaban J connectivity index is 1.48. The van der Waals surface area contributed by atoms with Gasteiger partial charge < -0.3 is 5.32 Å². The first-order valence-corrected chi connectivity index (χ1v) is 8.81. The first kappa shape index (κ1) is 18.0. The summed E-state index contributed by atoms with van der Waals surface area (Å²) in [4.78, 5) is 34.9. The summed E-state index contributed by atoms with van der Waals surface area (Å²) >= 11 is 0. The van der Waals surface area contributed by atoms with Crippen LogP contribution in [0.25, 0.3) is 0 Å². The average molecular weight is 353 g/mol. The molecule has 1 aromatic heterocycles. The van der Waals surface area contributed by atoms with E-state index in [4.69, 9.17) is 0 Å². The maximum absolute atomic E-state index is 12.4. The number of benzene rings is 1. The summed E-state index contributed by atoms with van der Waals surface area (Å²) < 4.78 is 0. The fourth-order valence-corrected chi connectivity index (χ4v) is 3.06. The number of aromatic nitrogens is 2. The number of hydrogen-bond donors (Lipinski definition) is 2. The molecule has 0 bridgehead atoms. The van der Waals surface area contributed by atoms with Crippen LogP contribution >= 0.6 is 0 Å². The summed E-state index contributed by atoms with van der Waals surface area (Å²) in [7, 11) is 0. The lowest BCUT2D eigenvalue weighted by atomic mass is 9.94. The lowest BCUT2D eigenvalue weighted by Crippen LogP contribution is -2.47. The van der Waals surface area contributed by atoms with Crippen LogP contribution < -0.4 is 10.6 Å². The van der Waals surface area contributed by atoms with Crippen LogP contribution in [0, 0.1) is 5.92 Å². The van der Waals surface area contributed by atoms with Gasteiger partial charge >= 0.3 is 0 Å². The van der Waals surface area contributed by atoms with Crippen LogP contribution in [0.15, 0.2) is 48.8 Å². The van der Waals surface area contributed by atoms with Crippen molar-refractivity contribution in [2.24, 2.45) is 5.92 Å². The van der Waals surface area contributed by atoms with Crippen LogP contribution in [0.5, 0.6) is 0 Å². The Hall–Kier alpha value is -2.80. The van der Waals surface area contributed by atoms with E-state index in [-0.39, 0.29) is 23.8 Å². The first-order chi connectivity index (χ1) is 12.6. The molecule has 0 unspecified atom stereocenters. The summed E-state index contributed by atoms with van der Waals surface area (Å²) in [5.41, 5.74) is 0.815. The van der Waals surface area contributed by atoms with Gasteiger partial charge in [0.2, 0.25) is 17.8 Å². The van der Waals surface area contributed by atoms with Crippen molar-refractivity contribution in [3.63, 3.8) is 0 Å². The van der Waals surface area contributed by atoms with Gasteiger partial charge in [0.1, 0.15) is 0 Å². The molecule has 1 aliphatic rings. The Bertz CT molecular complexity index is 730. The fourth-order valence-electron chi connectivity index (χ4n) is 3.06. The molecule has 2 N–H and O–H groups in total. The van der Waals surface area contributed by atoms with Gasteiger partial charge in [0.25, 0.3) is 0 Å². The molecule has 1 aromatic carbocycles. The van der Waals surface area contributed by atoms with Gasteiger partial charge in [-0.05, 0) is 51.1 Å². The number of para-hydroxylation sites is 1. The van der Waals surface area contributed by atoms with Crippen LogP contribution in [0.2, 0.25) is 0 Å². The Labute approximate surface area is 152 Å². The van der Waals surface area contributed by atoms with E-state index in [0.29, 0.717) is 19.0 Å². The van der Waals surface area contributed by atoms with Crippen LogP contribution in [0.3, 0.4) is 0 Å². The minimum Gasteiger partial charge on any atom is -0.326 e. The van der Waals surface area contributed by atoms with Crippen molar-refractivity contribution in [2.75, 3.05) is 23.7 Å². The van der Waals surface area contributed by atoms with E-state index in [0.717, 1.165) is 18.5 Å². The second kappa shape index (κ2) is 8.53. The molecule has 1 fully saturated rings. The minimum absolute atomic E-state index is 0.0285. The molecule has 0 radical (unpaired) electrons. The highest BCUT2D eigenvalue weighted by molar-refractivity contribution is 5.93. The molecule has 1 saturated heterocycles. The zero-order valence-corrected chi connectivity index (χ0v) is 14.8. The zero-order valence-electron chi connectivity index (χ0n) is 14.8. The predicted octanol–water partition coefficient (Wildman–Crippen LogP) is 2.15. The van der Waals surface area contributed by atoms with E-state index in [1.54, 1.807) is 18.5 Å². The molecular formula is C19H23N5O2. The highest BCUT2D eigenvalue weighted by atomic mass is 16.2. The summed E-state index contributed by atoms with van der Waals surface area (Å²) in [6.07, 6.45) is 4.64. The molecule has 0 spiro atoms. The minimum atomic E-state index is -0.294. The molecule has 0 aliphatic carbocycles. The summed E-state index contributed by atoms with van der Waals surface area (Å²) in [5.74, 6) is 0.190. The topological polar surface area (TPSA) is 87.2 Å². The number of amides is 2. The Kier molecular flexibility index (Phi) is 5.91. The Morgan fingerprint density at radius 1 is 1.04 bits per heavy atom. The second-order valence-corrected chi connectivity index (χ2v) is 6.40. The molecule has 7 heteroatoms. The SMILES string of the molecule is C[C@H](C(=O)Nc1ncccn1)N1CCC(C(=O)Nc2ccccc2)CC1. The largest absolute Gasteiger partial charge is 0.326 e. The number of likely N-dealkylation sites (tertiary alicyclic amines) is 1. The third-order valence-corrected chi connectivity index (χ3v) is 4.67. The summed E-state index contributed by atoms with van der Waals surface area (Å²) in [6.45, 7) is 3.27. The molecular weight excluding hydrogens is 330 g/mol. The van der Waals surface area contributed by atoms with Gasteiger partial charge in [0.15, 0.2) is 0 Å². The van der Waals surface area contributed by atoms with Crippen molar-refractivity contribution in [1.29, 1.82) is 0 Å². The Morgan fingerprint density at radius 2 is 1.69 bits per heavy atom. The molecule has 136 valence electrons. The molecule has 1 aliphatic heterocycles. The maximum Gasteiger partial charge on any atom is 0.243 e. The van der Waals surface area contributed by atoms with Gasteiger partial charge in [-0.3, -0.25) is 19.8 Å². The number of piperidine rings is 1. The lowest BCUT2D eigenvalue weighted by Gasteiger charge is -2.34. The third kappa shape index (κ3) is 4.64. The van der Waals surface area contributed by atoms with Crippen molar-refractivity contribution < 1.29 is 9.59 Å². The van der Waals surface area contributed by atoms with Crippen molar-refractivity contribution in [1.82, 2.24) is 14.9 Å². The smallest absolute Gasteiger partial charge is 0.243 e. The van der Waals surface area contributed by atoms with Gasteiger partial charge in [-0.1, -0.05) is 18.2 Å². The number of carbonyl (C=O) groups excluding carboxylic acids is 2. The van der Waals surface area contributed by atoms with E-state index >= 15 is 0 Å². The predicted molar refractivity (Wildman–Crippen MR) is 99.5 cm³/mol. The summed E-state index contributed by atoms with van der Waals surface area (Å²) in [5, 5.41) is 5.68. The molecule has 26 heavy (non-hydrogen) atoms. The van der Waals surface area contributed by atoms with Gasteiger partial charge in [-0.25, -0.2) is 9.97 Å². The third-order valence-electron chi connectivity index (χ3n) is 4.67. The molecule has 3 rings (SSSR count). The molecule has 2 heterocycles. The van der Waals surface area contributed by atoms with Crippen LogP contribution in [-0.2, 0) is 9.59 Å². The zero-order chi connectivity index (χ0) is 18.4. The lowest BCUT2D eigenvalue weighted by molar-refractivity contribution is -0.123. The van der Waals surface area contributed by atoms with Crippen LogP contribution in [0.4, 0.5) is 11.6 Å². The average Bonchev–Trinajstić information content (AvgIpc) is 2.69. The number of rotatable bonds is 5. The quantitative estimate of drug-likeness (QED) is 0.860. The van der Waals surface area contributed by atoms with Crippen LogP contribution in [-0.4, -0.2) is 45.8 Å². The molecule has 2 amide bonds. The van der Waals surface area contributed by atoms with Crippen molar-refractivity contribution in [3.8, 4) is 0 Å². The summed E-state index contributed by atoms with van der Waals surface area (Å²) in [6, 6.07) is 10.9. The van der Waals surface area contributed by atoms with Gasteiger partial charge in [-0.2, -0.15) is 0 Å². The molecule has 2 aromatic rings. The standard InChI is InChI=1S/C19H23N5O2/c1-14(17(25)23-19-20-10-5-11-21-19)24-12-8-15(9-13-24)18(26)22-16-6-3-2-4-7-16/h2-7,10-11,14-15H,8-9,12-13H2,1H3,(H,22,26)(H,20,21,23,25)/t14-/m1/s1. The number of carbonyl (C=O) groups is 2. The maximum atomic E-state index is 12.4. The number of hydrogen-bond acceptors (Lipinski definition) is 5. The van der Waals surface area contributed by atoms with E-state index in [2.05, 4.69) is 25.5 Å². The molecule has 1 atom stereocenters. The first-order valence-electron chi connectivity index (χ1n) is 8.81. The van der Waals surface area contributed by atoms with E-state index in [1.807, 2.05) is 37.3 Å². The Morgan fingerprint density at radius 3 is 2.35 bits per heavy atom. The van der Waals surface area contributed by atoms with Crippen molar-refractivity contribution in [3.05, 3.63) is 48.8 Å². The fraction of sp³-hybridized carbons (Fsp3) is 0.368. The van der Waals surface area contributed by atoms with Gasteiger partial charge in [-0.15, -0.1) is 0 Å². The highest BCUT2D eigenvalue weighted by Gasteiger charge is 2.30. The number of anilines is 2. The van der Waals surface area contributed by atoms with E-state index in [1.165, 1.54) is 0 Å².